The Hall–Kier alpha value is -1.16. The lowest BCUT2D eigenvalue weighted by molar-refractivity contribution is 0.163. The molecule has 4 nitrogen and oxygen atoms in total. The number of nitriles is 1. The van der Waals surface area contributed by atoms with Crippen LogP contribution >= 0.6 is 15.9 Å². The summed E-state index contributed by atoms with van der Waals surface area (Å²) in [5, 5.41) is 11.8. The number of anilines is 1. The van der Waals surface area contributed by atoms with Gasteiger partial charge in [0.1, 0.15) is 6.07 Å². The van der Waals surface area contributed by atoms with Gasteiger partial charge in [-0.2, -0.15) is 5.26 Å². The summed E-state index contributed by atoms with van der Waals surface area (Å²) in [4.78, 5) is 2.09. The van der Waals surface area contributed by atoms with Crippen molar-refractivity contribution in [1.82, 2.24) is 4.90 Å². The molecule has 1 aromatic rings. The monoisotopic (exact) mass is 329 g/mol. The Balaban J connectivity index is 2.51. The zero-order valence-corrected chi connectivity index (χ0v) is 12.6. The van der Waals surface area contributed by atoms with Crippen molar-refractivity contribution in [1.29, 1.82) is 5.26 Å². The van der Waals surface area contributed by atoms with Crippen molar-refractivity contribution in [3.8, 4) is 6.07 Å². The molecule has 1 N–H and O–H groups in total. The molecule has 0 fully saturated rings. The minimum atomic E-state index is -0.432. The smallest absolute Gasteiger partial charge is 0.161 e. The molecule has 0 aliphatic carbocycles. The predicted molar refractivity (Wildman–Crippen MR) is 76.7 cm³/mol. The van der Waals surface area contributed by atoms with E-state index in [0.717, 1.165) is 13.1 Å². The van der Waals surface area contributed by atoms with Crippen LogP contribution in [0.25, 0.3) is 0 Å². The highest BCUT2D eigenvalue weighted by molar-refractivity contribution is 9.10. The summed E-state index contributed by atoms with van der Waals surface area (Å²) in [5.74, 6) is -0.432. The van der Waals surface area contributed by atoms with Crippen molar-refractivity contribution in [2.75, 3.05) is 45.7 Å². The lowest BCUT2D eigenvalue weighted by Gasteiger charge is -2.17. The van der Waals surface area contributed by atoms with Gasteiger partial charge in [-0.05, 0) is 35.1 Å². The molecule has 1 rings (SSSR count). The highest BCUT2D eigenvalue weighted by Crippen LogP contribution is 2.26. The van der Waals surface area contributed by atoms with Crippen LogP contribution in [0.4, 0.5) is 10.1 Å². The number of nitrogens with zero attached hydrogens (tertiary/aromatic N) is 2. The fourth-order valence-corrected chi connectivity index (χ4v) is 1.95. The Labute approximate surface area is 121 Å². The van der Waals surface area contributed by atoms with Gasteiger partial charge in [0.15, 0.2) is 5.82 Å². The van der Waals surface area contributed by atoms with Gasteiger partial charge in [0.2, 0.25) is 0 Å². The molecular weight excluding hydrogens is 313 g/mol. The quantitative estimate of drug-likeness (QED) is 0.834. The molecule has 0 aliphatic rings. The van der Waals surface area contributed by atoms with E-state index in [1.165, 1.54) is 0 Å². The zero-order valence-electron chi connectivity index (χ0n) is 11.0. The minimum absolute atomic E-state index is 0.202. The molecule has 19 heavy (non-hydrogen) atoms. The summed E-state index contributed by atoms with van der Waals surface area (Å²) in [5.41, 5.74) is 0.686. The van der Waals surface area contributed by atoms with Gasteiger partial charge in [-0.15, -0.1) is 0 Å². The maximum absolute atomic E-state index is 13.9. The fraction of sp³-hybridized carbons (Fsp3) is 0.462. The number of nitrogens with one attached hydrogen (secondary N) is 1. The van der Waals surface area contributed by atoms with E-state index in [0.29, 0.717) is 24.4 Å². The van der Waals surface area contributed by atoms with Crippen molar-refractivity contribution >= 4 is 21.6 Å². The summed E-state index contributed by atoms with van der Waals surface area (Å²) in [6.07, 6.45) is 0. The van der Waals surface area contributed by atoms with E-state index in [1.54, 1.807) is 19.2 Å². The molecule has 0 saturated heterocycles. The molecule has 0 radical (unpaired) electrons. The topological polar surface area (TPSA) is 48.3 Å². The van der Waals surface area contributed by atoms with Gasteiger partial charge in [-0.1, -0.05) is 0 Å². The lowest BCUT2D eigenvalue weighted by Crippen LogP contribution is -2.28. The summed E-state index contributed by atoms with van der Waals surface area (Å²) >= 11 is 3.08. The first-order valence-corrected chi connectivity index (χ1v) is 6.69. The van der Waals surface area contributed by atoms with Crippen molar-refractivity contribution in [2.24, 2.45) is 0 Å². The van der Waals surface area contributed by atoms with E-state index >= 15 is 0 Å². The fourth-order valence-electron chi connectivity index (χ4n) is 1.51. The van der Waals surface area contributed by atoms with Crippen LogP contribution in [0.2, 0.25) is 0 Å². The van der Waals surface area contributed by atoms with Crippen molar-refractivity contribution in [3.63, 3.8) is 0 Å². The molecule has 0 spiro atoms. The molecule has 0 saturated carbocycles. The lowest BCUT2D eigenvalue weighted by atomic mass is 10.2. The van der Waals surface area contributed by atoms with E-state index in [-0.39, 0.29) is 4.47 Å². The van der Waals surface area contributed by atoms with Gasteiger partial charge < -0.3 is 15.0 Å². The first-order valence-electron chi connectivity index (χ1n) is 5.89. The normalized spacial score (nSPS) is 10.5. The highest BCUT2D eigenvalue weighted by atomic mass is 79.9. The van der Waals surface area contributed by atoms with Crippen LogP contribution in [0, 0.1) is 17.1 Å². The van der Waals surface area contributed by atoms with E-state index in [4.69, 9.17) is 10.00 Å². The molecule has 104 valence electrons. The molecule has 0 amide bonds. The van der Waals surface area contributed by atoms with Crippen LogP contribution in [0.3, 0.4) is 0 Å². The number of methoxy groups -OCH3 is 1. The number of rotatable bonds is 7. The van der Waals surface area contributed by atoms with Crippen LogP contribution in [0.5, 0.6) is 0 Å². The number of hydrogen-bond acceptors (Lipinski definition) is 4. The second kappa shape index (κ2) is 8.10. The Kier molecular flexibility index (Phi) is 6.78. The Bertz CT molecular complexity index is 462. The van der Waals surface area contributed by atoms with E-state index in [2.05, 4.69) is 26.1 Å². The van der Waals surface area contributed by atoms with Gasteiger partial charge >= 0.3 is 0 Å². The van der Waals surface area contributed by atoms with Crippen LogP contribution in [0.1, 0.15) is 5.56 Å². The average molecular weight is 330 g/mol. The SMILES string of the molecule is COCCN(C)CCNc1ccc(C#N)c(Br)c1F. The first-order chi connectivity index (χ1) is 9.10. The maximum Gasteiger partial charge on any atom is 0.161 e. The number of likely N-dealkylation sites (N-methyl/N-ethyl adjacent to an activating group) is 1. The average Bonchev–Trinajstić information content (AvgIpc) is 2.41. The van der Waals surface area contributed by atoms with Crippen LogP contribution in [-0.4, -0.2) is 45.3 Å². The summed E-state index contributed by atoms with van der Waals surface area (Å²) in [6.45, 7) is 2.90. The van der Waals surface area contributed by atoms with Gasteiger partial charge in [-0.25, -0.2) is 4.39 Å². The predicted octanol–water partition coefficient (Wildman–Crippen LogP) is 2.45. The Morgan fingerprint density at radius 3 is 2.84 bits per heavy atom. The van der Waals surface area contributed by atoms with E-state index in [9.17, 15) is 4.39 Å². The van der Waals surface area contributed by atoms with Crippen LogP contribution in [0.15, 0.2) is 16.6 Å². The molecule has 0 atom stereocenters. The number of hydrogen-bond donors (Lipinski definition) is 1. The third kappa shape index (κ3) is 4.78. The van der Waals surface area contributed by atoms with Gasteiger partial charge in [0.05, 0.1) is 22.3 Å². The molecular formula is C13H17BrFN3O. The van der Waals surface area contributed by atoms with Crippen molar-refractivity contribution in [2.45, 2.75) is 0 Å². The molecule has 1 aromatic carbocycles. The summed E-state index contributed by atoms with van der Waals surface area (Å²) in [7, 11) is 3.64. The van der Waals surface area contributed by atoms with E-state index in [1.807, 2.05) is 13.1 Å². The Morgan fingerprint density at radius 2 is 2.21 bits per heavy atom. The minimum Gasteiger partial charge on any atom is -0.383 e. The number of ether oxygens (including phenoxy) is 1. The Morgan fingerprint density at radius 1 is 1.47 bits per heavy atom. The third-order valence-corrected chi connectivity index (χ3v) is 3.46. The van der Waals surface area contributed by atoms with Crippen molar-refractivity contribution in [3.05, 3.63) is 28.0 Å². The molecule has 0 unspecified atom stereocenters. The molecule has 0 bridgehead atoms. The maximum atomic E-state index is 13.9. The first kappa shape index (κ1) is 15.9. The van der Waals surface area contributed by atoms with Crippen LogP contribution in [-0.2, 0) is 4.74 Å². The molecule has 0 aliphatic heterocycles. The highest BCUT2D eigenvalue weighted by Gasteiger charge is 2.10. The number of benzene rings is 1. The van der Waals surface area contributed by atoms with Crippen LogP contribution < -0.4 is 5.32 Å². The van der Waals surface area contributed by atoms with Gasteiger partial charge in [0.25, 0.3) is 0 Å². The third-order valence-electron chi connectivity index (χ3n) is 2.69. The number of halogens is 2. The zero-order chi connectivity index (χ0) is 14.3. The van der Waals surface area contributed by atoms with Crippen molar-refractivity contribution < 1.29 is 9.13 Å². The second-order valence-corrected chi connectivity index (χ2v) is 4.92. The van der Waals surface area contributed by atoms with Gasteiger partial charge in [-0.3, -0.25) is 0 Å². The summed E-state index contributed by atoms with van der Waals surface area (Å²) < 4.78 is 19.1. The summed E-state index contributed by atoms with van der Waals surface area (Å²) in [6, 6.07) is 5.09. The second-order valence-electron chi connectivity index (χ2n) is 4.12. The molecule has 0 heterocycles. The molecule has 6 heteroatoms. The van der Waals surface area contributed by atoms with E-state index < -0.39 is 5.82 Å². The molecule has 0 aromatic heterocycles. The van der Waals surface area contributed by atoms with Gasteiger partial charge in [0, 0.05) is 26.7 Å². The largest absolute Gasteiger partial charge is 0.383 e. The standard InChI is InChI=1S/C13H17BrFN3O/c1-18(7-8-19-2)6-5-17-11-4-3-10(9-16)12(14)13(11)15/h3-4,17H,5-8H2,1-2H3.